The van der Waals surface area contributed by atoms with Crippen LogP contribution in [0.15, 0.2) is 30.6 Å². The number of hydrogen-bond acceptors (Lipinski definition) is 4. The normalized spacial score (nSPS) is 16.8. The molecular formula is C20H25N5O2. The Balaban J connectivity index is 1.56. The molecule has 1 atom stereocenters. The zero-order valence-electron chi connectivity index (χ0n) is 15.8. The van der Waals surface area contributed by atoms with Crippen molar-refractivity contribution < 1.29 is 9.90 Å². The number of likely N-dealkylation sites (N-methyl/N-ethyl adjacent to an activating group) is 1. The smallest absolute Gasteiger partial charge is 0.356 e. The molecule has 0 radical (unpaired) electrons. The number of fused-ring (bicyclic) bond motifs is 2. The fourth-order valence-corrected chi connectivity index (χ4v) is 4.10. The molecule has 3 heterocycles. The first-order valence-electron chi connectivity index (χ1n) is 9.51. The molecule has 1 aliphatic carbocycles. The molecule has 0 saturated heterocycles. The number of carbonyl (C=O) groups is 1. The van der Waals surface area contributed by atoms with Crippen molar-refractivity contribution in [3.63, 3.8) is 0 Å². The Labute approximate surface area is 158 Å². The van der Waals surface area contributed by atoms with Gasteiger partial charge in [-0.3, -0.25) is 9.58 Å². The molecule has 3 aromatic rings. The largest absolute Gasteiger partial charge is 0.476 e. The minimum Gasteiger partial charge on any atom is -0.476 e. The Hall–Kier alpha value is -2.67. The summed E-state index contributed by atoms with van der Waals surface area (Å²) in [5.74, 6) is -0.925. The average Bonchev–Trinajstić information content (AvgIpc) is 3.24. The Kier molecular flexibility index (Phi) is 4.70. The second-order valence-corrected chi connectivity index (χ2v) is 7.29. The maximum atomic E-state index is 11.7. The van der Waals surface area contributed by atoms with E-state index >= 15 is 0 Å². The number of carboxylic acids is 1. The van der Waals surface area contributed by atoms with Crippen LogP contribution in [0.3, 0.4) is 0 Å². The van der Waals surface area contributed by atoms with Crippen LogP contribution in [-0.2, 0) is 25.9 Å². The van der Waals surface area contributed by atoms with E-state index in [0.29, 0.717) is 6.04 Å². The first kappa shape index (κ1) is 17.7. The highest BCUT2D eigenvalue weighted by Gasteiger charge is 2.30. The van der Waals surface area contributed by atoms with E-state index < -0.39 is 5.97 Å². The van der Waals surface area contributed by atoms with Gasteiger partial charge in [0, 0.05) is 36.6 Å². The Bertz CT molecular complexity index is 974. The summed E-state index contributed by atoms with van der Waals surface area (Å²) in [6, 6.07) is 6.29. The molecule has 0 amide bonds. The molecule has 0 aliphatic heterocycles. The van der Waals surface area contributed by atoms with Crippen molar-refractivity contribution in [1.82, 2.24) is 24.1 Å². The fourth-order valence-electron chi connectivity index (χ4n) is 4.10. The average molecular weight is 367 g/mol. The first-order chi connectivity index (χ1) is 13.1. The molecule has 0 fully saturated rings. The minimum absolute atomic E-state index is 0.228. The van der Waals surface area contributed by atoms with Crippen LogP contribution in [0.25, 0.3) is 5.65 Å². The maximum absolute atomic E-state index is 11.7. The van der Waals surface area contributed by atoms with Crippen molar-refractivity contribution in [2.24, 2.45) is 0 Å². The topological polar surface area (TPSA) is 75.7 Å². The van der Waals surface area contributed by atoms with Crippen LogP contribution in [0.2, 0.25) is 0 Å². The quantitative estimate of drug-likeness (QED) is 0.725. The summed E-state index contributed by atoms with van der Waals surface area (Å²) in [6.07, 6.45) is 7.51. The Morgan fingerprint density at radius 1 is 1.41 bits per heavy atom. The van der Waals surface area contributed by atoms with E-state index in [1.807, 2.05) is 35.3 Å². The molecule has 0 saturated carbocycles. The van der Waals surface area contributed by atoms with Gasteiger partial charge in [0.2, 0.25) is 0 Å². The number of aromatic carboxylic acids is 1. The number of pyridine rings is 1. The number of carboxylic acid groups (broad SMARTS) is 1. The SMILES string of the molecule is CCCn1nc(C(=O)O)c2c1CC[C@H](N(C)Cc1cnc3ccccn13)C2. The van der Waals surface area contributed by atoms with E-state index in [9.17, 15) is 9.90 Å². The molecule has 7 heteroatoms. The molecule has 142 valence electrons. The van der Waals surface area contributed by atoms with Crippen LogP contribution in [0, 0.1) is 0 Å². The van der Waals surface area contributed by atoms with Crippen LogP contribution in [0.1, 0.15) is 47.2 Å². The molecule has 27 heavy (non-hydrogen) atoms. The Morgan fingerprint density at radius 2 is 2.26 bits per heavy atom. The van der Waals surface area contributed by atoms with Gasteiger partial charge in [-0.15, -0.1) is 0 Å². The first-order valence-corrected chi connectivity index (χ1v) is 9.51. The van der Waals surface area contributed by atoms with Crippen LogP contribution < -0.4 is 0 Å². The van der Waals surface area contributed by atoms with Gasteiger partial charge in [0.15, 0.2) is 5.69 Å². The molecule has 0 bridgehead atoms. The summed E-state index contributed by atoms with van der Waals surface area (Å²) in [7, 11) is 2.11. The fraction of sp³-hybridized carbons (Fsp3) is 0.450. The molecule has 7 nitrogen and oxygen atoms in total. The van der Waals surface area contributed by atoms with E-state index in [1.165, 1.54) is 0 Å². The predicted octanol–water partition coefficient (Wildman–Crippen LogP) is 2.63. The number of rotatable bonds is 6. The van der Waals surface area contributed by atoms with Crippen LogP contribution in [-0.4, -0.2) is 48.2 Å². The summed E-state index contributed by atoms with van der Waals surface area (Å²) in [4.78, 5) is 18.4. The molecule has 1 N–H and O–H groups in total. The number of aryl methyl sites for hydroxylation is 1. The summed E-state index contributed by atoms with van der Waals surface area (Å²) >= 11 is 0. The third-order valence-corrected chi connectivity index (χ3v) is 5.49. The van der Waals surface area contributed by atoms with Crippen molar-refractivity contribution in [1.29, 1.82) is 0 Å². The molecule has 0 unspecified atom stereocenters. The second-order valence-electron chi connectivity index (χ2n) is 7.29. The molecular weight excluding hydrogens is 342 g/mol. The molecule has 0 spiro atoms. The molecule has 1 aliphatic rings. The van der Waals surface area contributed by atoms with Gasteiger partial charge < -0.3 is 9.51 Å². The summed E-state index contributed by atoms with van der Waals surface area (Å²) in [5, 5.41) is 13.9. The van der Waals surface area contributed by atoms with Crippen molar-refractivity contribution >= 4 is 11.6 Å². The zero-order chi connectivity index (χ0) is 19.0. The Morgan fingerprint density at radius 3 is 3.04 bits per heavy atom. The van der Waals surface area contributed by atoms with Gasteiger partial charge in [-0.05, 0) is 44.9 Å². The molecule has 3 aromatic heterocycles. The number of imidazole rings is 1. The summed E-state index contributed by atoms with van der Waals surface area (Å²) in [5.41, 5.74) is 4.33. The monoisotopic (exact) mass is 367 g/mol. The number of hydrogen-bond donors (Lipinski definition) is 1. The summed E-state index contributed by atoms with van der Waals surface area (Å²) < 4.78 is 4.01. The van der Waals surface area contributed by atoms with Crippen molar-refractivity contribution in [3.8, 4) is 0 Å². The maximum Gasteiger partial charge on any atom is 0.356 e. The van der Waals surface area contributed by atoms with E-state index in [-0.39, 0.29) is 5.69 Å². The van der Waals surface area contributed by atoms with Crippen molar-refractivity contribution in [3.05, 3.63) is 53.2 Å². The van der Waals surface area contributed by atoms with E-state index in [0.717, 1.165) is 61.4 Å². The lowest BCUT2D eigenvalue weighted by Crippen LogP contribution is -2.36. The lowest BCUT2D eigenvalue weighted by atomic mass is 9.90. The van der Waals surface area contributed by atoms with Gasteiger partial charge >= 0.3 is 5.97 Å². The van der Waals surface area contributed by atoms with E-state index in [2.05, 4.69) is 33.4 Å². The lowest BCUT2D eigenvalue weighted by Gasteiger charge is -2.31. The van der Waals surface area contributed by atoms with Crippen LogP contribution in [0.5, 0.6) is 0 Å². The van der Waals surface area contributed by atoms with Gasteiger partial charge in [0.25, 0.3) is 0 Å². The van der Waals surface area contributed by atoms with Crippen molar-refractivity contribution in [2.45, 2.75) is 51.7 Å². The second kappa shape index (κ2) is 7.15. The van der Waals surface area contributed by atoms with Crippen LogP contribution >= 0.6 is 0 Å². The number of nitrogens with zero attached hydrogens (tertiary/aromatic N) is 5. The molecule has 4 rings (SSSR count). The van der Waals surface area contributed by atoms with Gasteiger partial charge in [0.05, 0.1) is 11.9 Å². The lowest BCUT2D eigenvalue weighted by molar-refractivity contribution is 0.0687. The van der Waals surface area contributed by atoms with E-state index in [1.54, 1.807) is 0 Å². The highest BCUT2D eigenvalue weighted by atomic mass is 16.4. The zero-order valence-corrected chi connectivity index (χ0v) is 15.8. The minimum atomic E-state index is -0.925. The number of aromatic nitrogens is 4. The highest BCUT2D eigenvalue weighted by molar-refractivity contribution is 5.87. The van der Waals surface area contributed by atoms with Gasteiger partial charge in [-0.2, -0.15) is 5.10 Å². The van der Waals surface area contributed by atoms with Crippen LogP contribution in [0.4, 0.5) is 0 Å². The summed E-state index contributed by atoms with van der Waals surface area (Å²) in [6.45, 7) is 3.64. The third kappa shape index (κ3) is 3.23. The standard InChI is InChI=1S/C20H25N5O2/c1-3-9-25-17-8-7-14(11-16(17)19(22-25)20(26)27)23(2)13-15-12-21-18-6-4-5-10-24(15)18/h4-6,10,12,14H,3,7-9,11,13H2,1-2H3,(H,26,27)/t14-/m0/s1. The predicted molar refractivity (Wildman–Crippen MR) is 102 cm³/mol. The van der Waals surface area contributed by atoms with Gasteiger partial charge in [-0.25, -0.2) is 9.78 Å². The molecule has 0 aromatic carbocycles. The third-order valence-electron chi connectivity index (χ3n) is 5.49. The van der Waals surface area contributed by atoms with E-state index in [4.69, 9.17) is 0 Å². The van der Waals surface area contributed by atoms with Gasteiger partial charge in [0.1, 0.15) is 5.65 Å². The van der Waals surface area contributed by atoms with Crippen molar-refractivity contribution in [2.75, 3.05) is 7.05 Å². The van der Waals surface area contributed by atoms with Gasteiger partial charge in [-0.1, -0.05) is 13.0 Å². The highest BCUT2D eigenvalue weighted by Crippen LogP contribution is 2.28.